The predicted molar refractivity (Wildman–Crippen MR) is 100 cm³/mol. The number of methoxy groups -OCH3 is 1. The quantitative estimate of drug-likeness (QED) is 0.492. The lowest BCUT2D eigenvalue weighted by molar-refractivity contribution is 0.414. The van der Waals surface area contributed by atoms with Crippen molar-refractivity contribution in [2.24, 2.45) is 5.10 Å². The molecule has 0 heterocycles. The summed E-state index contributed by atoms with van der Waals surface area (Å²) in [6.45, 7) is 4.30. The van der Waals surface area contributed by atoms with E-state index < -0.39 is 0 Å². The number of hydrazone groups is 1. The molecule has 0 bridgehead atoms. The van der Waals surface area contributed by atoms with E-state index in [4.69, 9.17) is 17.0 Å². The minimum atomic E-state index is 0.415. The molecule has 5 heteroatoms. The number of nitrogens with one attached hydrogen (secondary N) is 2. The van der Waals surface area contributed by atoms with Crippen LogP contribution < -0.4 is 15.5 Å². The van der Waals surface area contributed by atoms with Crippen molar-refractivity contribution in [3.05, 3.63) is 59.7 Å². The summed E-state index contributed by atoms with van der Waals surface area (Å²) >= 11 is 5.29. The number of nitrogens with zero attached hydrogens (tertiary/aromatic N) is 1. The van der Waals surface area contributed by atoms with E-state index in [1.54, 1.807) is 13.3 Å². The molecule has 0 unspecified atom stereocenters. The molecular formula is C18H21N3OS. The van der Waals surface area contributed by atoms with Crippen molar-refractivity contribution in [3.8, 4) is 5.75 Å². The minimum Gasteiger partial charge on any atom is -0.496 e. The van der Waals surface area contributed by atoms with Gasteiger partial charge in [0.2, 0.25) is 0 Å². The van der Waals surface area contributed by atoms with Crippen LogP contribution in [0.25, 0.3) is 0 Å². The van der Waals surface area contributed by atoms with E-state index in [1.807, 2.05) is 42.5 Å². The first kappa shape index (κ1) is 17.0. The Morgan fingerprint density at radius 3 is 2.57 bits per heavy atom. The van der Waals surface area contributed by atoms with Crippen LogP contribution in [-0.4, -0.2) is 18.4 Å². The van der Waals surface area contributed by atoms with Gasteiger partial charge in [0.25, 0.3) is 0 Å². The Hall–Kier alpha value is -2.40. The molecule has 23 heavy (non-hydrogen) atoms. The fourth-order valence-electron chi connectivity index (χ4n) is 2.20. The van der Waals surface area contributed by atoms with Gasteiger partial charge in [0, 0.05) is 11.3 Å². The van der Waals surface area contributed by atoms with Crippen molar-refractivity contribution in [2.45, 2.75) is 19.8 Å². The van der Waals surface area contributed by atoms with Gasteiger partial charge < -0.3 is 10.1 Å². The largest absolute Gasteiger partial charge is 0.496 e. The lowest BCUT2D eigenvalue weighted by atomic mass is 10.0. The van der Waals surface area contributed by atoms with Gasteiger partial charge in [-0.15, -0.1) is 0 Å². The number of rotatable bonds is 5. The first-order valence-electron chi connectivity index (χ1n) is 7.44. The van der Waals surface area contributed by atoms with Crippen molar-refractivity contribution in [2.75, 3.05) is 12.4 Å². The van der Waals surface area contributed by atoms with Gasteiger partial charge in [-0.1, -0.05) is 44.2 Å². The summed E-state index contributed by atoms with van der Waals surface area (Å²) in [6, 6.07) is 15.8. The van der Waals surface area contributed by atoms with E-state index in [-0.39, 0.29) is 0 Å². The second-order valence-corrected chi connectivity index (χ2v) is 5.72. The normalized spacial score (nSPS) is 10.8. The predicted octanol–water partition coefficient (Wildman–Crippen LogP) is 4.14. The van der Waals surface area contributed by atoms with Gasteiger partial charge in [-0.25, -0.2) is 0 Å². The number of para-hydroxylation sites is 2. The zero-order chi connectivity index (χ0) is 16.7. The Kier molecular flexibility index (Phi) is 6.11. The summed E-state index contributed by atoms with van der Waals surface area (Å²) in [5.74, 6) is 1.18. The van der Waals surface area contributed by atoms with Crippen molar-refractivity contribution in [3.63, 3.8) is 0 Å². The van der Waals surface area contributed by atoms with E-state index in [9.17, 15) is 0 Å². The molecule has 4 nitrogen and oxygen atoms in total. The van der Waals surface area contributed by atoms with Crippen LogP contribution in [0.15, 0.2) is 53.6 Å². The van der Waals surface area contributed by atoms with Crippen molar-refractivity contribution >= 4 is 29.2 Å². The van der Waals surface area contributed by atoms with E-state index in [0.717, 1.165) is 17.0 Å². The lowest BCUT2D eigenvalue weighted by Gasteiger charge is -2.14. The molecule has 0 saturated heterocycles. The second kappa shape index (κ2) is 8.29. The Balaban J connectivity index is 1.99. The highest BCUT2D eigenvalue weighted by Crippen LogP contribution is 2.23. The zero-order valence-corrected chi connectivity index (χ0v) is 14.4. The fourth-order valence-corrected chi connectivity index (χ4v) is 2.36. The highest BCUT2D eigenvalue weighted by Gasteiger charge is 2.06. The summed E-state index contributed by atoms with van der Waals surface area (Å²) in [5, 5.41) is 7.79. The van der Waals surface area contributed by atoms with Crippen LogP contribution in [0.4, 0.5) is 5.69 Å². The standard InChI is InChI=1S/C18H21N3OS/c1-13(2)15-9-5-6-10-16(15)20-18(23)21-19-12-14-8-4-7-11-17(14)22-3/h4-13H,1-3H3,(H2,20,21,23). The van der Waals surface area contributed by atoms with Gasteiger partial charge in [0.05, 0.1) is 13.3 Å². The first-order valence-corrected chi connectivity index (χ1v) is 7.84. The average Bonchev–Trinajstić information content (AvgIpc) is 2.55. The molecule has 0 aliphatic carbocycles. The van der Waals surface area contributed by atoms with Crippen LogP contribution in [0.5, 0.6) is 5.75 Å². The zero-order valence-electron chi connectivity index (χ0n) is 13.5. The van der Waals surface area contributed by atoms with Crippen LogP contribution >= 0.6 is 12.2 Å². The minimum absolute atomic E-state index is 0.415. The molecule has 0 fully saturated rings. The summed E-state index contributed by atoms with van der Waals surface area (Å²) in [5.41, 5.74) is 5.92. The lowest BCUT2D eigenvalue weighted by Crippen LogP contribution is -2.24. The van der Waals surface area contributed by atoms with Crippen LogP contribution in [0.3, 0.4) is 0 Å². The maximum atomic E-state index is 5.29. The van der Waals surface area contributed by atoms with E-state index in [2.05, 4.69) is 35.8 Å². The molecule has 0 saturated carbocycles. The van der Waals surface area contributed by atoms with Crippen molar-refractivity contribution in [1.82, 2.24) is 5.43 Å². The maximum absolute atomic E-state index is 5.29. The summed E-state index contributed by atoms with van der Waals surface area (Å²) in [7, 11) is 1.63. The van der Waals surface area contributed by atoms with Crippen molar-refractivity contribution < 1.29 is 4.74 Å². The van der Waals surface area contributed by atoms with Gasteiger partial charge in [0.1, 0.15) is 5.75 Å². The van der Waals surface area contributed by atoms with Crippen LogP contribution in [0, 0.1) is 0 Å². The molecule has 2 aromatic carbocycles. The van der Waals surface area contributed by atoms with Crippen LogP contribution in [0.2, 0.25) is 0 Å². The smallest absolute Gasteiger partial charge is 0.191 e. The third kappa shape index (κ3) is 4.79. The molecule has 0 atom stereocenters. The highest BCUT2D eigenvalue weighted by atomic mass is 32.1. The molecule has 2 rings (SSSR count). The molecule has 2 aromatic rings. The maximum Gasteiger partial charge on any atom is 0.191 e. The fraction of sp³-hybridized carbons (Fsp3) is 0.222. The molecule has 0 radical (unpaired) electrons. The van der Waals surface area contributed by atoms with Crippen LogP contribution in [-0.2, 0) is 0 Å². The summed E-state index contributed by atoms with van der Waals surface area (Å²) < 4.78 is 5.27. The van der Waals surface area contributed by atoms with Crippen LogP contribution in [0.1, 0.15) is 30.9 Å². The van der Waals surface area contributed by atoms with E-state index >= 15 is 0 Å². The monoisotopic (exact) mass is 327 g/mol. The van der Waals surface area contributed by atoms with Gasteiger partial charge in [-0.3, -0.25) is 5.43 Å². The molecule has 2 N–H and O–H groups in total. The third-order valence-electron chi connectivity index (χ3n) is 3.34. The Morgan fingerprint density at radius 1 is 1.13 bits per heavy atom. The molecule has 120 valence electrons. The Morgan fingerprint density at radius 2 is 1.83 bits per heavy atom. The number of hydrogen-bond acceptors (Lipinski definition) is 3. The molecule has 0 amide bonds. The third-order valence-corrected chi connectivity index (χ3v) is 3.53. The number of hydrogen-bond donors (Lipinski definition) is 2. The number of benzene rings is 2. The SMILES string of the molecule is COc1ccccc1C=NNC(=S)Nc1ccccc1C(C)C. The molecular weight excluding hydrogens is 306 g/mol. The average molecular weight is 327 g/mol. The molecule has 0 aliphatic rings. The number of anilines is 1. The van der Waals surface area contributed by atoms with Gasteiger partial charge in [-0.05, 0) is 41.9 Å². The number of ether oxygens (including phenoxy) is 1. The highest BCUT2D eigenvalue weighted by molar-refractivity contribution is 7.80. The Labute approximate surface area is 142 Å². The first-order chi connectivity index (χ1) is 11.1. The topological polar surface area (TPSA) is 45.6 Å². The van der Waals surface area contributed by atoms with Gasteiger partial charge >= 0.3 is 0 Å². The number of thiocarbonyl (C=S) groups is 1. The Bertz CT molecular complexity index is 698. The van der Waals surface area contributed by atoms with Gasteiger partial charge in [-0.2, -0.15) is 5.10 Å². The second-order valence-electron chi connectivity index (χ2n) is 5.31. The molecule has 0 spiro atoms. The summed E-state index contributed by atoms with van der Waals surface area (Å²) in [6.07, 6.45) is 1.68. The van der Waals surface area contributed by atoms with Crippen molar-refractivity contribution in [1.29, 1.82) is 0 Å². The molecule has 0 aliphatic heterocycles. The molecule has 0 aromatic heterocycles. The van der Waals surface area contributed by atoms with Gasteiger partial charge in [0.15, 0.2) is 5.11 Å². The van der Waals surface area contributed by atoms with E-state index in [0.29, 0.717) is 11.0 Å². The van der Waals surface area contributed by atoms with E-state index in [1.165, 1.54) is 5.56 Å². The summed E-state index contributed by atoms with van der Waals surface area (Å²) in [4.78, 5) is 0.